The molecule has 0 spiro atoms. The predicted octanol–water partition coefficient (Wildman–Crippen LogP) is 0.755. The summed E-state index contributed by atoms with van der Waals surface area (Å²) in [4.78, 5) is 9.61. The topological polar surface area (TPSA) is 58.6 Å². The Bertz CT molecular complexity index is 468. The zero-order valence-corrected chi connectivity index (χ0v) is 17.8. The van der Waals surface area contributed by atoms with E-state index in [9.17, 15) is 0 Å². The molecular formula is C19H36N4O3S. The maximum Gasteiger partial charge on any atom is 0.193 e. The summed E-state index contributed by atoms with van der Waals surface area (Å²) in [6, 6.07) is 0. The van der Waals surface area contributed by atoms with Crippen LogP contribution in [-0.2, 0) is 14.2 Å². The molecule has 156 valence electrons. The van der Waals surface area contributed by atoms with Gasteiger partial charge in [0.1, 0.15) is 0 Å². The van der Waals surface area contributed by atoms with E-state index in [-0.39, 0.29) is 5.54 Å². The number of methoxy groups -OCH3 is 1. The highest BCUT2D eigenvalue weighted by atomic mass is 32.2. The summed E-state index contributed by atoms with van der Waals surface area (Å²) < 4.78 is 16.3. The van der Waals surface area contributed by atoms with Gasteiger partial charge in [-0.1, -0.05) is 0 Å². The Labute approximate surface area is 168 Å². The number of aliphatic imine (C=N–C) groups is 1. The molecule has 0 aromatic heterocycles. The summed E-state index contributed by atoms with van der Waals surface area (Å²) in [5, 5.41) is 3.71. The molecule has 2 unspecified atom stereocenters. The van der Waals surface area contributed by atoms with Crippen molar-refractivity contribution in [2.45, 2.75) is 18.4 Å². The summed E-state index contributed by atoms with van der Waals surface area (Å²) in [6.07, 6.45) is 2.41. The Morgan fingerprint density at radius 1 is 1.30 bits per heavy atom. The van der Waals surface area contributed by atoms with Gasteiger partial charge < -0.3 is 24.4 Å². The van der Waals surface area contributed by atoms with E-state index in [0.717, 1.165) is 64.9 Å². The largest absolute Gasteiger partial charge is 0.382 e. The lowest BCUT2D eigenvalue weighted by Gasteiger charge is -2.43. The maximum atomic E-state index is 5.72. The van der Waals surface area contributed by atoms with Gasteiger partial charge in [-0.15, -0.1) is 0 Å². The van der Waals surface area contributed by atoms with Crippen molar-refractivity contribution in [2.24, 2.45) is 10.9 Å². The van der Waals surface area contributed by atoms with Gasteiger partial charge in [-0.25, -0.2) is 0 Å². The molecule has 7 nitrogen and oxygen atoms in total. The molecule has 3 fully saturated rings. The zero-order chi connectivity index (χ0) is 19.0. The van der Waals surface area contributed by atoms with Crippen molar-refractivity contribution in [3.8, 4) is 0 Å². The van der Waals surface area contributed by atoms with Crippen LogP contribution in [0.3, 0.4) is 0 Å². The minimum atomic E-state index is 0.243. The molecule has 0 aliphatic carbocycles. The van der Waals surface area contributed by atoms with Crippen molar-refractivity contribution < 1.29 is 14.2 Å². The number of morpholine rings is 1. The third kappa shape index (κ3) is 5.73. The number of nitrogens with one attached hydrogen (secondary N) is 1. The Morgan fingerprint density at radius 3 is 2.85 bits per heavy atom. The number of rotatable bonds is 8. The molecule has 3 saturated heterocycles. The van der Waals surface area contributed by atoms with Crippen molar-refractivity contribution >= 4 is 17.7 Å². The van der Waals surface area contributed by atoms with Crippen LogP contribution in [0.25, 0.3) is 0 Å². The highest BCUT2D eigenvalue weighted by molar-refractivity contribution is 7.99. The van der Waals surface area contributed by atoms with Crippen LogP contribution in [-0.4, -0.2) is 113 Å². The molecule has 2 atom stereocenters. The quantitative estimate of drug-likeness (QED) is 0.367. The third-order valence-corrected chi connectivity index (χ3v) is 7.16. The van der Waals surface area contributed by atoms with E-state index in [1.54, 1.807) is 7.11 Å². The first-order valence-electron chi connectivity index (χ1n) is 10.2. The monoisotopic (exact) mass is 400 g/mol. The normalized spacial score (nSPS) is 30.2. The fourth-order valence-electron chi connectivity index (χ4n) is 4.26. The van der Waals surface area contributed by atoms with Crippen molar-refractivity contribution in [3.05, 3.63) is 0 Å². The molecule has 3 aliphatic heterocycles. The SMILES string of the molecule is CN=C(NCC1(N2CCOCC2)CCSC1)N1CCC(COCCOC)C1. The molecule has 3 aliphatic rings. The van der Waals surface area contributed by atoms with Crippen LogP contribution < -0.4 is 5.32 Å². The van der Waals surface area contributed by atoms with E-state index in [2.05, 4.69) is 31.9 Å². The summed E-state index contributed by atoms with van der Waals surface area (Å²) >= 11 is 2.08. The molecule has 1 N–H and O–H groups in total. The van der Waals surface area contributed by atoms with Crippen LogP contribution in [0.15, 0.2) is 4.99 Å². The second kappa shape index (κ2) is 10.9. The Hall–Kier alpha value is -0.540. The van der Waals surface area contributed by atoms with Gasteiger partial charge in [0.05, 0.1) is 33.0 Å². The fraction of sp³-hybridized carbons (Fsp3) is 0.947. The molecule has 0 radical (unpaired) electrons. The van der Waals surface area contributed by atoms with E-state index in [1.807, 2.05) is 7.05 Å². The molecule has 0 aromatic carbocycles. The lowest BCUT2D eigenvalue weighted by atomic mass is 9.95. The Balaban J connectivity index is 1.48. The van der Waals surface area contributed by atoms with E-state index >= 15 is 0 Å². The second-order valence-electron chi connectivity index (χ2n) is 7.70. The summed E-state index contributed by atoms with van der Waals surface area (Å²) in [5.41, 5.74) is 0.243. The van der Waals surface area contributed by atoms with E-state index in [4.69, 9.17) is 14.2 Å². The van der Waals surface area contributed by atoms with Crippen LogP contribution in [0.2, 0.25) is 0 Å². The third-order valence-electron chi connectivity index (χ3n) is 5.92. The predicted molar refractivity (Wildman–Crippen MR) is 111 cm³/mol. The first kappa shape index (κ1) is 21.2. The number of thioether (sulfide) groups is 1. The van der Waals surface area contributed by atoms with Crippen molar-refractivity contribution in [2.75, 3.05) is 91.4 Å². The smallest absolute Gasteiger partial charge is 0.193 e. The van der Waals surface area contributed by atoms with Crippen molar-refractivity contribution in [1.29, 1.82) is 0 Å². The molecule has 0 aromatic rings. The number of hydrogen-bond acceptors (Lipinski definition) is 6. The van der Waals surface area contributed by atoms with Crippen LogP contribution in [0, 0.1) is 5.92 Å². The summed E-state index contributed by atoms with van der Waals surface area (Å²) in [5.74, 6) is 4.07. The zero-order valence-electron chi connectivity index (χ0n) is 17.0. The summed E-state index contributed by atoms with van der Waals surface area (Å²) in [6.45, 7) is 9.01. The summed E-state index contributed by atoms with van der Waals surface area (Å²) in [7, 11) is 3.61. The van der Waals surface area contributed by atoms with Gasteiger partial charge >= 0.3 is 0 Å². The Morgan fingerprint density at radius 2 is 2.15 bits per heavy atom. The molecule has 0 amide bonds. The molecule has 0 saturated carbocycles. The van der Waals surface area contributed by atoms with Gasteiger partial charge in [-0.3, -0.25) is 9.89 Å². The average Bonchev–Trinajstić information content (AvgIpc) is 3.37. The number of guanidine groups is 1. The van der Waals surface area contributed by atoms with Crippen LogP contribution in [0.1, 0.15) is 12.8 Å². The van der Waals surface area contributed by atoms with Crippen molar-refractivity contribution in [1.82, 2.24) is 15.1 Å². The highest BCUT2D eigenvalue weighted by Gasteiger charge is 2.41. The maximum absolute atomic E-state index is 5.72. The lowest BCUT2D eigenvalue weighted by molar-refractivity contribution is -0.0121. The van der Waals surface area contributed by atoms with Gasteiger partial charge in [0, 0.05) is 64.1 Å². The van der Waals surface area contributed by atoms with Gasteiger partial charge in [0.2, 0.25) is 0 Å². The van der Waals surface area contributed by atoms with Gasteiger partial charge in [-0.2, -0.15) is 11.8 Å². The minimum Gasteiger partial charge on any atom is -0.382 e. The van der Waals surface area contributed by atoms with E-state index < -0.39 is 0 Å². The number of nitrogens with zero attached hydrogens (tertiary/aromatic N) is 3. The molecule has 3 heterocycles. The molecular weight excluding hydrogens is 364 g/mol. The van der Waals surface area contributed by atoms with E-state index in [0.29, 0.717) is 19.1 Å². The van der Waals surface area contributed by atoms with Crippen LogP contribution in [0.5, 0.6) is 0 Å². The number of likely N-dealkylation sites (tertiary alicyclic amines) is 1. The molecule has 0 bridgehead atoms. The van der Waals surface area contributed by atoms with E-state index in [1.165, 1.54) is 17.9 Å². The van der Waals surface area contributed by atoms with Crippen LogP contribution in [0.4, 0.5) is 0 Å². The lowest BCUT2D eigenvalue weighted by Crippen LogP contribution is -2.60. The minimum absolute atomic E-state index is 0.243. The average molecular weight is 401 g/mol. The van der Waals surface area contributed by atoms with Gasteiger partial charge in [0.15, 0.2) is 5.96 Å². The first-order valence-corrected chi connectivity index (χ1v) is 11.4. The van der Waals surface area contributed by atoms with Crippen molar-refractivity contribution in [3.63, 3.8) is 0 Å². The molecule has 3 rings (SSSR count). The van der Waals surface area contributed by atoms with Gasteiger partial charge in [-0.05, 0) is 18.6 Å². The van der Waals surface area contributed by atoms with Crippen LogP contribution >= 0.6 is 11.8 Å². The first-order chi connectivity index (χ1) is 13.3. The molecule has 27 heavy (non-hydrogen) atoms. The Kier molecular flexibility index (Phi) is 8.51. The number of ether oxygens (including phenoxy) is 3. The molecule has 8 heteroatoms. The second-order valence-corrected chi connectivity index (χ2v) is 8.80. The fourth-order valence-corrected chi connectivity index (χ4v) is 5.74. The standard InChI is InChI=1S/C19H36N4O3S/c1-20-18(22-5-3-17(13-22)14-26-11-10-24-2)21-15-19(4-12-27-16-19)23-6-8-25-9-7-23/h17H,3-16H2,1-2H3,(H,20,21). The van der Waals surface area contributed by atoms with Gasteiger partial charge in [0.25, 0.3) is 0 Å². The highest BCUT2D eigenvalue weighted by Crippen LogP contribution is 2.33. The number of hydrogen-bond donors (Lipinski definition) is 1.